The highest BCUT2D eigenvalue weighted by molar-refractivity contribution is 7.89. The third kappa shape index (κ3) is 3.03. The van der Waals surface area contributed by atoms with Gasteiger partial charge in [0.25, 0.3) is 10.0 Å². The summed E-state index contributed by atoms with van der Waals surface area (Å²) in [4.78, 5) is 6.43. The second-order valence-corrected chi connectivity index (χ2v) is 6.12. The minimum absolute atomic E-state index is 0. The number of halogens is 1. The van der Waals surface area contributed by atoms with Crippen molar-refractivity contribution in [3.05, 3.63) is 12.5 Å². The zero-order chi connectivity index (χ0) is 12.3. The van der Waals surface area contributed by atoms with Crippen molar-refractivity contribution in [1.29, 1.82) is 0 Å². The summed E-state index contributed by atoms with van der Waals surface area (Å²) in [5.41, 5.74) is 5.54. The van der Waals surface area contributed by atoms with Crippen molar-refractivity contribution in [2.24, 2.45) is 5.73 Å². The molecule has 2 heterocycles. The van der Waals surface area contributed by atoms with Crippen LogP contribution in [-0.2, 0) is 10.0 Å². The van der Waals surface area contributed by atoms with Gasteiger partial charge in [0, 0.05) is 12.6 Å². The number of nitrogens with zero attached hydrogens (tertiary/aromatic N) is 2. The number of H-pyrrole nitrogens is 1. The molecular formula is C10H19ClN4O2S. The molecule has 3 N–H and O–H groups in total. The minimum Gasteiger partial charge on any atom is -0.335 e. The third-order valence-electron chi connectivity index (χ3n) is 3.13. The van der Waals surface area contributed by atoms with Gasteiger partial charge in [0.15, 0.2) is 5.03 Å². The Morgan fingerprint density at radius 2 is 2.28 bits per heavy atom. The first-order valence-electron chi connectivity index (χ1n) is 5.86. The van der Waals surface area contributed by atoms with Crippen molar-refractivity contribution in [1.82, 2.24) is 14.3 Å². The maximum atomic E-state index is 12.3. The average molecular weight is 295 g/mol. The Hall–Kier alpha value is -0.630. The molecule has 1 aromatic heterocycles. The van der Waals surface area contributed by atoms with Crippen molar-refractivity contribution in [3.63, 3.8) is 0 Å². The molecule has 18 heavy (non-hydrogen) atoms. The maximum absolute atomic E-state index is 12.3. The van der Waals surface area contributed by atoms with E-state index in [1.54, 1.807) is 4.31 Å². The van der Waals surface area contributed by atoms with Crippen molar-refractivity contribution in [2.45, 2.75) is 36.8 Å². The molecular weight excluding hydrogens is 276 g/mol. The molecule has 104 valence electrons. The predicted molar refractivity (Wildman–Crippen MR) is 71.0 cm³/mol. The van der Waals surface area contributed by atoms with Crippen LogP contribution in [0.5, 0.6) is 0 Å². The quantitative estimate of drug-likeness (QED) is 0.856. The van der Waals surface area contributed by atoms with Crippen LogP contribution in [0.1, 0.15) is 25.7 Å². The summed E-state index contributed by atoms with van der Waals surface area (Å²) in [5.74, 6) is 0. The first kappa shape index (κ1) is 15.4. The summed E-state index contributed by atoms with van der Waals surface area (Å²) in [6, 6.07) is 0.0297. The van der Waals surface area contributed by atoms with E-state index in [-0.39, 0.29) is 23.5 Å². The first-order valence-corrected chi connectivity index (χ1v) is 7.30. The number of hydrogen-bond donors (Lipinski definition) is 2. The predicted octanol–water partition coefficient (Wildman–Crippen LogP) is 0.723. The van der Waals surface area contributed by atoms with Gasteiger partial charge in [-0.3, -0.25) is 0 Å². The van der Waals surface area contributed by atoms with Gasteiger partial charge in [-0.15, -0.1) is 12.4 Å². The van der Waals surface area contributed by atoms with E-state index in [4.69, 9.17) is 5.73 Å². The molecule has 1 saturated heterocycles. The number of imidazole rings is 1. The molecule has 0 aromatic carbocycles. The summed E-state index contributed by atoms with van der Waals surface area (Å²) >= 11 is 0. The van der Waals surface area contributed by atoms with Crippen LogP contribution >= 0.6 is 12.4 Å². The summed E-state index contributed by atoms with van der Waals surface area (Å²) in [7, 11) is -3.43. The highest BCUT2D eigenvalue weighted by Crippen LogP contribution is 2.25. The molecule has 6 nitrogen and oxygen atoms in total. The fourth-order valence-electron chi connectivity index (χ4n) is 2.28. The lowest BCUT2D eigenvalue weighted by Gasteiger charge is -2.34. The zero-order valence-electron chi connectivity index (χ0n) is 10.1. The fourth-order valence-corrected chi connectivity index (χ4v) is 3.90. The molecule has 0 saturated carbocycles. The molecule has 1 fully saturated rings. The Balaban J connectivity index is 0.00000162. The average Bonchev–Trinajstić information content (AvgIpc) is 2.84. The lowest BCUT2D eigenvalue weighted by molar-refractivity contribution is 0.242. The van der Waals surface area contributed by atoms with Crippen molar-refractivity contribution in [2.75, 3.05) is 13.1 Å². The molecule has 2 rings (SSSR count). The lowest BCUT2D eigenvalue weighted by Crippen LogP contribution is -2.44. The maximum Gasteiger partial charge on any atom is 0.260 e. The van der Waals surface area contributed by atoms with Gasteiger partial charge in [-0.05, 0) is 25.8 Å². The van der Waals surface area contributed by atoms with Gasteiger partial charge in [0.1, 0.15) is 0 Å². The van der Waals surface area contributed by atoms with Gasteiger partial charge in [-0.2, -0.15) is 4.31 Å². The van der Waals surface area contributed by atoms with Crippen LogP contribution in [0.2, 0.25) is 0 Å². The topological polar surface area (TPSA) is 92.1 Å². The summed E-state index contributed by atoms with van der Waals surface area (Å²) in [5, 5.41) is 0.168. The Morgan fingerprint density at radius 1 is 1.50 bits per heavy atom. The molecule has 0 radical (unpaired) electrons. The monoisotopic (exact) mass is 294 g/mol. The number of aromatic nitrogens is 2. The largest absolute Gasteiger partial charge is 0.335 e. The number of nitrogens with one attached hydrogen (secondary N) is 1. The van der Waals surface area contributed by atoms with Crippen LogP contribution in [0.25, 0.3) is 0 Å². The molecule has 0 spiro atoms. The summed E-state index contributed by atoms with van der Waals surface area (Å²) in [6.07, 6.45) is 6.32. The van der Waals surface area contributed by atoms with Crippen LogP contribution in [0.4, 0.5) is 0 Å². The number of sulfonamides is 1. The van der Waals surface area contributed by atoms with E-state index in [1.807, 2.05) is 0 Å². The highest BCUT2D eigenvalue weighted by Gasteiger charge is 2.33. The molecule has 0 amide bonds. The van der Waals surface area contributed by atoms with Crippen LogP contribution in [-0.4, -0.2) is 41.8 Å². The second-order valence-electron chi connectivity index (χ2n) is 4.26. The lowest BCUT2D eigenvalue weighted by atomic mass is 10.0. The number of nitrogens with two attached hydrogens (primary N) is 1. The van der Waals surface area contributed by atoms with E-state index >= 15 is 0 Å². The van der Waals surface area contributed by atoms with Gasteiger partial charge >= 0.3 is 0 Å². The Kier molecular flexibility index (Phi) is 5.58. The van der Waals surface area contributed by atoms with Gasteiger partial charge in [0.05, 0.1) is 12.5 Å². The van der Waals surface area contributed by atoms with Crippen molar-refractivity contribution in [3.8, 4) is 0 Å². The number of piperidine rings is 1. The van der Waals surface area contributed by atoms with Crippen molar-refractivity contribution >= 4 is 22.4 Å². The highest BCUT2D eigenvalue weighted by atomic mass is 35.5. The molecule has 0 aliphatic carbocycles. The van der Waals surface area contributed by atoms with Gasteiger partial charge in [-0.25, -0.2) is 13.4 Å². The smallest absolute Gasteiger partial charge is 0.260 e. The standard InChI is InChI=1S/C10H18N4O2S.ClH/c11-5-4-9-3-1-2-6-14(9)17(15,16)10-7-12-8-13-10;/h7-9H,1-6,11H2,(H,12,13);1H. The Bertz CT molecular complexity index is 446. The summed E-state index contributed by atoms with van der Waals surface area (Å²) in [6.45, 7) is 1.09. The Morgan fingerprint density at radius 3 is 2.89 bits per heavy atom. The van der Waals surface area contributed by atoms with E-state index in [9.17, 15) is 8.42 Å². The zero-order valence-corrected chi connectivity index (χ0v) is 11.7. The second kappa shape index (κ2) is 6.51. The first-order chi connectivity index (χ1) is 8.16. The van der Waals surface area contributed by atoms with E-state index in [2.05, 4.69) is 9.97 Å². The van der Waals surface area contributed by atoms with Crippen LogP contribution in [0.3, 0.4) is 0 Å². The number of aromatic amines is 1. The van der Waals surface area contributed by atoms with E-state index < -0.39 is 10.0 Å². The van der Waals surface area contributed by atoms with Gasteiger partial charge in [0.2, 0.25) is 0 Å². The molecule has 8 heteroatoms. The SMILES string of the molecule is Cl.NCCC1CCCCN1S(=O)(=O)c1cnc[nH]1. The van der Waals surface area contributed by atoms with Gasteiger partial charge < -0.3 is 10.7 Å². The molecule has 1 atom stereocenters. The van der Waals surface area contributed by atoms with Gasteiger partial charge in [-0.1, -0.05) is 6.42 Å². The van der Waals surface area contributed by atoms with Crippen LogP contribution in [0, 0.1) is 0 Å². The molecule has 1 aliphatic rings. The Labute approximate surface area is 113 Å². The van der Waals surface area contributed by atoms with Crippen molar-refractivity contribution < 1.29 is 8.42 Å². The van der Waals surface area contributed by atoms with E-state index in [0.29, 0.717) is 19.5 Å². The number of hydrogen-bond acceptors (Lipinski definition) is 4. The molecule has 1 aliphatic heterocycles. The third-order valence-corrected chi connectivity index (χ3v) is 5.01. The molecule has 1 aromatic rings. The van der Waals surface area contributed by atoms with E-state index in [1.165, 1.54) is 12.5 Å². The van der Waals surface area contributed by atoms with Crippen LogP contribution in [0.15, 0.2) is 17.6 Å². The summed E-state index contributed by atoms with van der Waals surface area (Å²) < 4.78 is 26.3. The normalized spacial score (nSPS) is 21.5. The fraction of sp³-hybridized carbons (Fsp3) is 0.700. The minimum atomic E-state index is -3.43. The molecule has 1 unspecified atom stereocenters. The van der Waals surface area contributed by atoms with E-state index in [0.717, 1.165) is 19.3 Å². The molecule has 0 bridgehead atoms. The van der Waals surface area contributed by atoms with Crippen LogP contribution < -0.4 is 5.73 Å². The number of rotatable bonds is 4.